The van der Waals surface area contributed by atoms with Gasteiger partial charge in [0, 0.05) is 5.56 Å². The Morgan fingerprint density at radius 2 is 2.00 bits per heavy atom. The molecule has 0 saturated carbocycles. The molecule has 0 saturated heterocycles. The average molecular weight is 234 g/mol. The normalized spacial score (nSPS) is 18.4. The molecule has 0 bridgehead atoms. The van der Waals surface area contributed by atoms with Crippen molar-refractivity contribution in [2.75, 3.05) is 6.61 Å². The second-order valence-corrected chi connectivity index (χ2v) is 5.34. The molecule has 1 aliphatic heterocycles. The molecule has 1 aliphatic rings. The van der Waals surface area contributed by atoms with Gasteiger partial charge in [-0.1, -0.05) is 39.0 Å². The van der Waals surface area contributed by atoms with Gasteiger partial charge in [-0.2, -0.15) is 0 Å². The predicted octanol–water partition coefficient (Wildman–Crippen LogP) is 3.34. The number of benzene rings is 1. The maximum atomic E-state index is 10.4. The first-order chi connectivity index (χ1) is 8.11. The summed E-state index contributed by atoms with van der Waals surface area (Å²) in [6.45, 7) is 7.15. The van der Waals surface area contributed by atoms with Crippen LogP contribution in [-0.4, -0.2) is 11.7 Å². The maximum Gasteiger partial charge on any atom is 0.128 e. The van der Waals surface area contributed by atoms with E-state index in [-0.39, 0.29) is 5.92 Å². The molecular formula is C15H22O2. The summed E-state index contributed by atoms with van der Waals surface area (Å²) in [4.78, 5) is 0. The third-order valence-corrected chi connectivity index (χ3v) is 3.83. The van der Waals surface area contributed by atoms with Crippen molar-refractivity contribution < 1.29 is 9.84 Å². The van der Waals surface area contributed by atoms with Gasteiger partial charge in [0.1, 0.15) is 5.75 Å². The monoisotopic (exact) mass is 234 g/mol. The van der Waals surface area contributed by atoms with Crippen molar-refractivity contribution in [1.29, 1.82) is 0 Å². The molecule has 1 heterocycles. The molecule has 2 atom stereocenters. The quantitative estimate of drug-likeness (QED) is 0.869. The number of aryl methyl sites for hydroxylation is 1. The number of fused-ring (bicyclic) bond motifs is 1. The summed E-state index contributed by atoms with van der Waals surface area (Å²) in [5, 5.41) is 10.4. The molecule has 0 aromatic heterocycles. The van der Waals surface area contributed by atoms with Gasteiger partial charge in [0.25, 0.3) is 0 Å². The van der Waals surface area contributed by atoms with E-state index in [9.17, 15) is 5.11 Å². The summed E-state index contributed by atoms with van der Waals surface area (Å²) in [5.74, 6) is 1.63. The topological polar surface area (TPSA) is 29.5 Å². The fraction of sp³-hybridized carbons (Fsp3) is 0.600. The van der Waals surface area contributed by atoms with Crippen molar-refractivity contribution in [2.24, 2.45) is 11.8 Å². The zero-order valence-corrected chi connectivity index (χ0v) is 10.9. The van der Waals surface area contributed by atoms with Crippen molar-refractivity contribution in [3.8, 4) is 5.75 Å². The lowest BCUT2D eigenvalue weighted by Crippen LogP contribution is -2.18. The summed E-state index contributed by atoms with van der Waals surface area (Å²) in [5.41, 5.74) is 2.20. The zero-order chi connectivity index (χ0) is 12.4. The molecular weight excluding hydrogens is 212 g/mol. The van der Waals surface area contributed by atoms with Crippen LogP contribution in [0.4, 0.5) is 0 Å². The van der Waals surface area contributed by atoms with E-state index in [2.05, 4.69) is 26.8 Å². The van der Waals surface area contributed by atoms with Crippen LogP contribution in [-0.2, 0) is 6.42 Å². The van der Waals surface area contributed by atoms with E-state index >= 15 is 0 Å². The number of hydrogen-bond acceptors (Lipinski definition) is 2. The van der Waals surface area contributed by atoms with Crippen LogP contribution < -0.4 is 4.74 Å². The molecule has 2 heteroatoms. The van der Waals surface area contributed by atoms with E-state index in [0.717, 1.165) is 30.8 Å². The van der Waals surface area contributed by atoms with Gasteiger partial charge in [-0.05, 0) is 30.2 Å². The van der Waals surface area contributed by atoms with Gasteiger partial charge in [-0.3, -0.25) is 0 Å². The van der Waals surface area contributed by atoms with E-state index in [0.29, 0.717) is 5.92 Å². The highest BCUT2D eigenvalue weighted by molar-refractivity contribution is 5.44. The molecule has 17 heavy (non-hydrogen) atoms. The van der Waals surface area contributed by atoms with Gasteiger partial charge >= 0.3 is 0 Å². The van der Waals surface area contributed by atoms with Crippen LogP contribution in [0, 0.1) is 11.8 Å². The molecule has 1 N–H and O–H groups in total. The van der Waals surface area contributed by atoms with E-state index in [1.807, 2.05) is 12.1 Å². The molecule has 1 aromatic rings. The number of aliphatic hydroxyl groups excluding tert-OH is 1. The lowest BCUT2D eigenvalue weighted by Gasteiger charge is -2.27. The minimum absolute atomic E-state index is 0.243. The standard InChI is InChI=1S/C15H22O2/c1-10(2)11(3)14(16)13-8-4-6-12-7-5-9-17-15(12)13/h4,6,8,10-11,14,16H,5,7,9H2,1-3H3. The van der Waals surface area contributed by atoms with Crippen LogP contribution in [0.15, 0.2) is 18.2 Å². The Balaban J connectivity index is 2.32. The molecule has 0 spiro atoms. The highest BCUT2D eigenvalue weighted by atomic mass is 16.5. The SMILES string of the molecule is CC(C)C(C)C(O)c1cccc2c1OCCC2. The summed E-state index contributed by atoms with van der Waals surface area (Å²) >= 11 is 0. The summed E-state index contributed by atoms with van der Waals surface area (Å²) < 4.78 is 5.75. The van der Waals surface area contributed by atoms with Crippen LogP contribution in [0.25, 0.3) is 0 Å². The lowest BCUT2D eigenvalue weighted by molar-refractivity contribution is 0.0879. The zero-order valence-electron chi connectivity index (χ0n) is 10.9. The molecule has 94 valence electrons. The summed E-state index contributed by atoms with van der Waals surface area (Å²) in [6, 6.07) is 6.12. The number of aliphatic hydroxyl groups is 1. The molecule has 2 unspecified atom stereocenters. The number of ether oxygens (including phenoxy) is 1. The lowest BCUT2D eigenvalue weighted by atomic mass is 9.86. The van der Waals surface area contributed by atoms with Crippen molar-refractivity contribution in [1.82, 2.24) is 0 Å². The third kappa shape index (κ3) is 2.47. The Labute approximate surface area is 104 Å². The smallest absolute Gasteiger partial charge is 0.128 e. The highest BCUT2D eigenvalue weighted by Gasteiger charge is 2.25. The molecule has 0 aliphatic carbocycles. The summed E-state index contributed by atoms with van der Waals surface area (Å²) in [7, 11) is 0. The first kappa shape index (κ1) is 12.4. The van der Waals surface area contributed by atoms with Gasteiger partial charge < -0.3 is 9.84 Å². The first-order valence-electron chi connectivity index (χ1n) is 6.54. The van der Waals surface area contributed by atoms with Crippen LogP contribution >= 0.6 is 0 Å². The third-order valence-electron chi connectivity index (χ3n) is 3.83. The fourth-order valence-electron chi connectivity index (χ4n) is 2.30. The number of rotatable bonds is 3. The number of hydrogen-bond donors (Lipinski definition) is 1. The van der Waals surface area contributed by atoms with Gasteiger partial charge in [-0.25, -0.2) is 0 Å². The maximum absolute atomic E-state index is 10.4. The van der Waals surface area contributed by atoms with Crippen LogP contribution in [0.5, 0.6) is 5.75 Å². The van der Waals surface area contributed by atoms with E-state index in [1.54, 1.807) is 0 Å². The molecule has 0 amide bonds. The van der Waals surface area contributed by atoms with Gasteiger partial charge in [0.15, 0.2) is 0 Å². The minimum atomic E-state index is -0.428. The van der Waals surface area contributed by atoms with Crippen LogP contribution in [0.1, 0.15) is 44.4 Å². The van der Waals surface area contributed by atoms with E-state index in [1.165, 1.54) is 5.56 Å². The summed E-state index contributed by atoms with van der Waals surface area (Å²) in [6.07, 6.45) is 1.71. The van der Waals surface area contributed by atoms with Gasteiger partial charge in [0.2, 0.25) is 0 Å². The highest BCUT2D eigenvalue weighted by Crippen LogP contribution is 2.37. The second kappa shape index (κ2) is 5.09. The first-order valence-corrected chi connectivity index (χ1v) is 6.54. The Hall–Kier alpha value is -1.02. The predicted molar refractivity (Wildman–Crippen MR) is 69.2 cm³/mol. The van der Waals surface area contributed by atoms with Crippen molar-refractivity contribution in [3.05, 3.63) is 29.3 Å². The van der Waals surface area contributed by atoms with E-state index < -0.39 is 6.10 Å². The van der Waals surface area contributed by atoms with Crippen LogP contribution in [0.3, 0.4) is 0 Å². The van der Waals surface area contributed by atoms with Gasteiger partial charge in [-0.15, -0.1) is 0 Å². The molecule has 2 nitrogen and oxygen atoms in total. The average Bonchev–Trinajstić information content (AvgIpc) is 2.36. The van der Waals surface area contributed by atoms with E-state index in [4.69, 9.17) is 4.74 Å². The Bertz CT molecular complexity index is 385. The van der Waals surface area contributed by atoms with Crippen molar-refractivity contribution in [3.63, 3.8) is 0 Å². The Kier molecular flexibility index (Phi) is 3.72. The van der Waals surface area contributed by atoms with Crippen molar-refractivity contribution in [2.45, 2.75) is 39.7 Å². The Morgan fingerprint density at radius 1 is 1.24 bits per heavy atom. The fourth-order valence-corrected chi connectivity index (χ4v) is 2.30. The second-order valence-electron chi connectivity index (χ2n) is 5.34. The molecule has 1 aromatic carbocycles. The molecule has 2 rings (SSSR count). The van der Waals surface area contributed by atoms with Crippen LogP contribution in [0.2, 0.25) is 0 Å². The van der Waals surface area contributed by atoms with Crippen molar-refractivity contribution >= 4 is 0 Å². The number of para-hydroxylation sites is 1. The molecule has 0 fully saturated rings. The largest absolute Gasteiger partial charge is 0.493 e. The van der Waals surface area contributed by atoms with Gasteiger partial charge in [0.05, 0.1) is 12.7 Å². The Morgan fingerprint density at radius 3 is 2.71 bits per heavy atom. The molecule has 0 radical (unpaired) electrons. The minimum Gasteiger partial charge on any atom is -0.493 e.